The molecule has 0 saturated heterocycles. The predicted molar refractivity (Wildman–Crippen MR) is 243 cm³/mol. The number of phenolic OH excluding ortho intramolecular Hbond substituents is 1. The Hall–Kier alpha value is -6.78. The summed E-state index contributed by atoms with van der Waals surface area (Å²) in [6.45, 7) is 13.2. The third-order valence-corrected chi connectivity index (χ3v) is 11.2. The minimum Gasteiger partial charge on any atom is -0.507 e. The van der Waals surface area contributed by atoms with E-state index in [9.17, 15) is 5.11 Å². The highest BCUT2D eigenvalue weighted by atomic mass is 16.3. The number of imidazole rings is 1. The summed E-state index contributed by atoms with van der Waals surface area (Å²) < 4.78 is 2.30. The summed E-state index contributed by atoms with van der Waals surface area (Å²) in [5.74, 6) is 0.936. The van der Waals surface area contributed by atoms with Crippen molar-refractivity contribution >= 4 is 21.8 Å². The van der Waals surface area contributed by atoms with Crippen molar-refractivity contribution in [2.45, 2.75) is 52.4 Å². The van der Waals surface area contributed by atoms with Gasteiger partial charge in [-0.1, -0.05) is 181 Å². The molecular formula is C54H47N3O. The summed E-state index contributed by atoms with van der Waals surface area (Å²) in [5, 5.41) is 14.8. The van der Waals surface area contributed by atoms with Crippen LogP contribution in [0.3, 0.4) is 0 Å². The molecule has 0 saturated carbocycles. The molecule has 0 spiro atoms. The van der Waals surface area contributed by atoms with Crippen molar-refractivity contribution in [2.75, 3.05) is 0 Å². The SMILES string of the molecule is CC(C)(C)c1cc(-c2nc3c(-c4cccc(-c5cc6ccccc6cn5)c4)cccc3n2-c2c(-c3ccccc3)cccc2-c2ccccc2)c(O)c(C(C)(C)C)c1. The minimum absolute atomic E-state index is 0.182. The summed E-state index contributed by atoms with van der Waals surface area (Å²) in [4.78, 5) is 10.5. The molecule has 0 amide bonds. The van der Waals surface area contributed by atoms with Crippen molar-refractivity contribution in [3.63, 3.8) is 0 Å². The van der Waals surface area contributed by atoms with Gasteiger partial charge in [0.25, 0.3) is 0 Å². The lowest BCUT2D eigenvalue weighted by atomic mass is 9.79. The molecule has 9 aromatic rings. The van der Waals surface area contributed by atoms with Crippen LogP contribution >= 0.6 is 0 Å². The summed E-state index contributed by atoms with van der Waals surface area (Å²) >= 11 is 0. The van der Waals surface area contributed by atoms with Gasteiger partial charge in [0.2, 0.25) is 0 Å². The molecule has 9 rings (SSSR count). The molecule has 0 aliphatic heterocycles. The normalized spacial score (nSPS) is 12.0. The first-order valence-corrected chi connectivity index (χ1v) is 20.1. The number of hydrogen-bond acceptors (Lipinski definition) is 3. The van der Waals surface area contributed by atoms with Gasteiger partial charge >= 0.3 is 0 Å². The van der Waals surface area contributed by atoms with Crippen molar-refractivity contribution in [2.24, 2.45) is 0 Å². The topological polar surface area (TPSA) is 50.9 Å². The van der Waals surface area contributed by atoms with Crippen molar-refractivity contribution in [1.29, 1.82) is 0 Å². The third kappa shape index (κ3) is 6.65. The van der Waals surface area contributed by atoms with Crippen LogP contribution in [0.5, 0.6) is 5.75 Å². The highest BCUT2D eigenvalue weighted by molar-refractivity contribution is 5.99. The molecule has 7 aromatic carbocycles. The maximum Gasteiger partial charge on any atom is 0.149 e. The Labute approximate surface area is 341 Å². The van der Waals surface area contributed by atoms with E-state index >= 15 is 0 Å². The van der Waals surface area contributed by atoms with Gasteiger partial charge in [0.05, 0.1) is 28.0 Å². The fourth-order valence-electron chi connectivity index (χ4n) is 8.12. The molecule has 0 bridgehead atoms. The Bertz CT molecular complexity index is 2910. The first-order chi connectivity index (χ1) is 28.0. The number of benzene rings is 7. The second kappa shape index (κ2) is 14.3. The molecule has 0 unspecified atom stereocenters. The summed E-state index contributed by atoms with van der Waals surface area (Å²) in [5.41, 5.74) is 13.3. The summed E-state index contributed by atoms with van der Waals surface area (Å²) in [6, 6.07) is 57.5. The zero-order chi connectivity index (χ0) is 40.2. The quantitative estimate of drug-likeness (QED) is 0.184. The van der Waals surface area contributed by atoms with Crippen LogP contribution in [0.15, 0.2) is 170 Å². The number of aromatic nitrogens is 3. The highest BCUT2D eigenvalue weighted by Gasteiger charge is 2.30. The fraction of sp³-hybridized carbons (Fsp3) is 0.148. The molecule has 58 heavy (non-hydrogen) atoms. The average Bonchev–Trinajstić information content (AvgIpc) is 3.62. The highest BCUT2D eigenvalue weighted by Crippen LogP contribution is 2.47. The smallest absolute Gasteiger partial charge is 0.149 e. The molecule has 0 aliphatic rings. The first kappa shape index (κ1) is 36.8. The number of pyridine rings is 1. The van der Waals surface area contributed by atoms with E-state index < -0.39 is 0 Å². The lowest BCUT2D eigenvalue weighted by Crippen LogP contribution is -2.17. The van der Waals surface area contributed by atoms with Gasteiger partial charge in [-0.15, -0.1) is 0 Å². The Balaban J connectivity index is 1.38. The fourth-order valence-corrected chi connectivity index (χ4v) is 8.12. The molecule has 0 atom stereocenters. The third-order valence-electron chi connectivity index (χ3n) is 11.2. The maximum atomic E-state index is 12.5. The molecule has 2 heterocycles. The van der Waals surface area contributed by atoms with Crippen LogP contribution in [0.4, 0.5) is 0 Å². The largest absolute Gasteiger partial charge is 0.507 e. The molecule has 284 valence electrons. The van der Waals surface area contributed by atoms with Gasteiger partial charge in [-0.25, -0.2) is 4.98 Å². The molecule has 4 nitrogen and oxygen atoms in total. The first-order valence-electron chi connectivity index (χ1n) is 20.1. The number of nitrogens with zero attached hydrogens (tertiary/aromatic N) is 3. The number of aromatic hydroxyl groups is 1. The number of rotatable bonds is 6. The predicted octanol–water partition coefficient (Wildman–Crippen LogP) is 14.2. The van der Waals surface area contributed by atoms with Crippen molar-refractivity contribution in [1.82, 2.24) is 14.5 Å². The number of para-hydroxylation sites is 2. The molecule has 0 radical (unpaired) electrons. The molecule has 2 aromatic heterocycles. The van der Waals surface area contributed by atoms with E-state index in [-0.39, 0.29) is 16.6 Å². The minimum atomic E-state index is -0.323. The maximum absolute atomic E-state index is 12.5. The van der Waals surface area contributed by atoms with Gasteiger partial charge < -0.3 is 5.11 Å². The Morgan fingerprint density at radius 3 is 1.71 bits per heavy atom. The van der Waals surface area contributed by atoms with Crippen LogP contribution in [0.2, 0.25) is 0 Å². The number of hydrogen-bond donors (Lipinski definition) is 1. The van der Waals surface area contributed by atoms with Gasteiger partial charge in [0.1, 0.15) is 11.6 Å². The van der Waals surface area contributed by atoms with Crippen LogP contribution in [-0.2, 0) is 10.8 Å². The summed E-state index contributed by atoms with van der Waals surface area (Å²) in [7, 11) is 0. The van der Waals surface area contributed by atoms with Crippen molar-refractivity contribution in [3.05, 3.63) is 181 Å². The molecule has 0 fully saturated rings. The van der Waals surface area contributed by atoms with E-state index in [2.05, 4.69) is 204 Å². The van der Waals surface area contributed by atoms with Gasteiger partial charge in [0.15, 0.2) is 0 Å². The van der Waals surface area contributed by atoms with Crippen LogP contribution in [0, 0.1) is 0 Å². The summed E-state index contributed by atoms with van der Waals surface area (Å²) in [6.07, 6.45) is 1.95. The second-order valence-corrected chi connectivity index (χ2v) is 17.3. The standard InChI is InChI=1S/C54H47N3O/c1-53(2,3)41-32-45(51(58)46(33-41)54(4,5)6)52-56-49-42(38-24-15-25-39(30-38)47-31-37-22-13-14-23-40(37)34-55-47)26-17-29-48(49)57(52)50-43(35-18-9-7-10-19-35)27-16-28-44(50)36-20-11-8-12-21-36/h7-34,58H,1-6H3. The van der Waals surface area contributed by atoms with Crippen LogP contribution in [-0.4, -0.2) is 19.6 Å². The monoisotopic (exact) mass is 753 g/mol. The number of fused-ring (bicyclic) bond motifs is 2. The van der Waals surface area contributed by atoms with Gasteiger partial charge in [0, 0.05) is 39.4 Å². The number of phenols is 1. The molecular weight excluding hydrogens is 707 g/mol. The van der Waals surface area contributed by atoms with Crippen LogP contribution < -0.4 is 0 Å². The zero-order valence-corrected chi connectivity index (χ0v) is 34.0. The molecule has 1 N–H and O–H groups in total. The Morgan fingerprint density at radius 2 is 1.05 bits per heavy atom. The van der Waals surface area contributed by atoms with Crippen molar-refractivity contribution in [3.8, 4) is 67.5 Å². The van der Waals surface area contributed by atoms with E-state index in [0.29, 0.717) is 11.4 Å². The molecule has 4 heteroatoms. The van der Waals surface area contributed by atoms with Gasteiger partial charge in [-0.05, 0) is 62.7 Å². The lowest BCUT2D eigenvalue weighted by molar-refractivity contribution is 0.446. The van der Waals surface area contributed by atoms with Crippen LogP contribution in [0.25, 0.3) is 83.5 Å². The van der Waals surface area contributed by atoms with Gasteiger partial charge in [-0.2, -0.15) is 0 Å². The van der Waals surface area contributed by atoms with E-state index in [4.69, 9.17) is 9.97 Å². The van der Waals surface area contributed by atoms with Crippen molar-refractivity contribution < 1.29 is 5.11 Å². The zero-order valence-electron chi connectivity index (χ0n) is 34.0. The molecule has 0 aliphatic carbocycles. The second-order valence-electron chi connectivity index (χ2n) is 17.3. The lowest BCUT2D eigenvalue weighted by Gasteiger charge is -2.28. The van der Waals surface area contributed by atoms with Crippen LogP contribution in [0.1, 0.15) is 52.7 Å². The van der Waals surface area contributed by atoms with E-state index in [1.807, 2.05) is 12.3 Å². The van der Waals surface area contributed by atoms with E-state index in [0.717, 1.165) is 83.3 Å². The Morgan fingerprint density at radius 1 is 0.483 bits per heavy atom. The Kier molecular flexibility index (Phi) is 9.09. The van der Waals surface area contributed by atoms with E-state index in [1.165, 1.54) is 0 Å². The average molecular weight is 754 g/mol. The van der Waals surface area contributed by atoms with Gasteiger partial charge in [-0.3, -0.25) is 9.55 Å². The van der Waals surface area contributed by atoms with E-state index in [1.54, 1.807) is 0 Å².